The van der Waals surface area contributed by atoms with E-state index in [1.807, 2.05) is 53.6 Å². The van der Waals surface area contributed by atoms with Crippen molar-refractivity contribution in [3.8, 4) is 0 Å². The molecule has 1 amide bonds. The number of aryl methyl sites for hydroxylation is 1. The number of fused-ring (bicyclic) bond motifs is 2. The Kier molecular flexibility index (Phi) is 8.01. The maximum absolute atomic E-state index is 15.5. The van der Waals surface area contributed by atoms with Gasteiger partial charge in [0.2, 0.25) is 5.82 Å². The molecule has 1 aromatic carbocycles. The standard InChI is InChI=1S/C25H32BrFN6O4.C2H6/c1-12-7-15-20(18(27)17(12)26)29-23(31-10-14(11-31)30(5)6)22(33(35)36)21(15)28-19-13-8-16(19)32(9-13)24(34)37-25(2,3)4;1-2/h7,13-14,16,19H,8-11H2,1-6H3,(H,28,29);1-2H3. The molecule has 3 atom stereocenters. The van der Waals surface area contributed by atoms with Gasteiger partial charge in [-0.05, 0) is 75.8 Å². The van der Waals surface area contributed by atoms with E-state index in [1.165, 1.54) is 0 Å². The van der Waals surface area contributed by atoms with Gasteiger partial charge < -0.3 is 24.8 Å². The van der Waals surface area contributed by atoms with Crippen LogP contribution in [0.4, 0.5) is 26.4 Å². The zero-order valence-corrected chi connectivity index (χ0v) is 25.4. The molecule has 39 heavy (non-hydrogen) atoms. The molecule has 214 valence electrons. The van der Waals surface area contributed by atoms with Crippen LogP contribution in [0.3, 0.4) is 0 Å². The normalized spacial score (nSPS) is 22.3. The van der Waals surface area contributed by atoms with Crippen molar-refractivity contribution < 1.29 is 18.8 Å². The van der Waals surface area contributed by atoms with Gasteiger partial charge in [-0.1, -0.05) is 13.8 Å². The number of aromatic nitrogens is 1. The van der Waals surface area contributed by atoms with Gasteiger partial charge in [0.15, 0.2) is 5.82 Å². The number of halogens is 2. The Morgan fingerprint density at radius 1 is 1.28 bits per heavy atom. The molecule has 1 aromatic heterocycles. The predicted octanol–water partition coefficient (Wildman–Crippen LogP) is 5.55. The fourth-order valence-corrected chi connectivity index (χ4v) is 5.77. The third kappa shape index (κ3) is 5.25. The number of carbonyl (C=O) groups excluding carboxylic acids is 1. The summed E-state index contributed by atoms with van der Waals surface area (Å²) in [7, 11) is 3.92. The van der Waals surface area contributed by atoms with Crippen LogP contribution in [-0.2, 0) is 4.74 Å². The number of nitrogens with zero attached hydrogens (tertiary/aromatic N) is 5. The molecule has 10 nitrogen and oxygen atoms in total. The van der Waals surface area contributed by atoms with Crippen molar-refractivity contribution in [2.45, 2.75) is 71.7 Å². The number of nitrogens with one attached hydrogen (secondary N) is 1. The zero-order chi connectivity index (χ0) is 29.0. The molecule has 2 aromatic rings. The molecule has 4 heterocycles. The molecule has 12 heteroatoms. The highest BCUT2D eigenvalue weighted by Crippen LogP contribution is 2.48. The summed E-state index contributed by atoms with van der Waals surface area (Å²) >= 11 is 3.30. The third-order valence-corrected chi connectivity index (χ3v) is 8.58. The third-order valence-electron chi connectivity index (χ3n) is 7.61. The molecule has 0 spiro atoms. The monoisotopic (exact) mass is 608 g/mol. The molecule has 3 unspecified atom stereocenters. The number of rotatable bonds is 5. The first kappa shape index (κ1) is 29.3. The maximum Gasteiger partial charge on any atom is 0.410 e. The van der Waals surface area contributed by atoms with E-state index in [1.54, 1.807) is 17.9 Å². The fraction of sp³-hybridized carbons (Fsp3) is 0.630. The van der Waals surface area contributed by atoms with Gasteiger partial charge in [0, 0.05) is 37.0 Å². The van der Waals surface area contributed by atoms with Gasteiger partial charge in [0.25, 0.3) is 0 Å². The molecule has 0 radical (unpaired) electrons. The number of likely N-dealkylation sites (N-methyl/N-ethyl adjacent to an activating group) is 1. The van der Waals surface area contributed by atoms with E-state index in [0.717, 1.165) is 6.42 Å². The average molecular weight is 610 g/mol. The average Bonchev–Trinajstić information content (AvgIpc) is 3.40. The number of amides is 1. The van der Waals surface area contributed by atoms with Crippen molar-refractivity contribution in [3.05, 3.63) is 32.0 Å². The molecular weight excluding hydrogens is 571 g/mol. The summed E-state index contributed by atoms with van der Waals surface area (Å²) in [4.78, 5) is 34.9. The Labute approximate surface area is 237 Å². The van der Waals surface area contributed by atoms with Gasteiger partial charge in [-0.15, -0.1) is 0 Å². The quantitative estimate of drug-likeness (QED) is 0.348. The van der Waals surface area contributed by atoms with Crippen molar-refractivity contribution in [1.29, 1.82) is 0 Å². The number of benzene rings is 1. The lowest BCUT2D eigenvalue weighted by Crippen LogP contribution is -2.58. The second-order valence-corrected chi connectivity index (χ2v) is 12.3. The summed E-state index contributed by atoms with van der Waals surface area (Å²) in [6, 6.07) is 1.59. The lowest BCUT2D eigenvalue weighted by molar-refractivity contribution is -0.383. The lowest BCUT2D eigenvalue weighted by Gasteiger charge is -2.43. The zero-order valence-electron chi connectivity index (χ0n) is 23.8. The van der Waals surface area contributed by atoms with Gasteiger partial charge in [0.05, 0.1) is 21.5 Å². The summed E-state index contributed by atoms with van der Waals surface area (Å²) in [5, 5.41) is 16.2. The molecule has 1 saturated carbocycles. The minimum absolute atomic E-state index is 0.0737. The number of ether oxygens (including phenoxy) is 1. The smallest absolute Gasteiger partial charge is 0.410 e. The lowest BCUT2D eigenvalue weighted by atomic mass is 9.79. The van der Waals surface area contributed by atoms with Crippen LogP contribution >= 0.6 is 15.9 Å². The first-order valence-electron chi connectivity index (χ1n) is 13.4. The topological polar surface area (TPSA) is 104 Å². The van der Waals surface area contributed by atoms with Crippen LogP contribution in [0, 0.1) is 28.8 Å². The van der Waals surface area contributed by atoms with Gasteiger partial charge in [-0.2, -0.15) is 0 Å². The fourth-order valence-electron chi connectivity index (χ4n) is 5.47. The Hall–Kier alpha value is -2.73. The van der Waals surface area contributed by atoms with Crippen LogP contribution in [0.5, 0.6) is 0 Å². The van der Waals surface area contributed by atoms with Crippen LogP contribution in [0.1, 0.15) is 46.6 Å². The summed E-state index contributed by atoms with van der Waals surface area (Å²) in [5.41, 5.74) is 0.149. The molecule has 6 rings (SSSR count). The summed E-state index contributed by atoms with van der Waals surface area (Å²) in [5.74, 6) is -0.276. The molecular formula is C27H38BrFN6O4. The number of nitro groups is 1. The highest BCUT2D eigenvalue weighted by atomic mass is 79.9. The largest absolute Gasteiger partial charge is 0.444 e. The first-order chi connectivity index (χ1) is 18.3. The molecule has 2 bridgehead atoms. The van der Waals surface area contributed by atoms with E-state index in [9.17, 15) is 14.9 Å². The highest BCUT2D eigenvalue weighted by Gasteiger charge is 2.55. The van der Waals surface area contributed by atoms with Crippen LogP contribution in [-0.4, -0.2) is 83.3 Å². The van der Waals surface area contributed by atoms with Gasteiger partial charge in [-0.25, -0.2) is 14.2 Å². The second-order valence-electron chi connectivity index (χ2n) is 11.5. The van der Waals surface area contributed by atoms with Crippen LogP contribution in [0.25, 0.3) is 10.9 Å². The first-order valence-corrected chi connectivity index (χ1v) is 14.2. The molecule has 3 aliphatic heterocycles. The van der Waals surface area contributed by atoms with Crippen molar-refractivity contribution in [1.82, 2.24) is 14.8 Å². The van der Waals surface area contributed by atoms with E-state index in [0.29, 0.717) is 30.6 Å². The van der Waals surface area contributed by atoms with E-state index in [4.69, 9.17) is 4.74 Å². The molecule has 1 aliphatic carbocycles. The van der Waals surface area contributed by atoms with Crippen molar-refractivity contribution in [2.75, 3.05) is 43.9 Å². The molecule has 1 N–H and O–H groups in total. The summed E-state index contributed by atoms with van der Waals surface area (Å²) in [6.07, 6.45) is 0.399. The second kappa shape index (κ2) is 10.7. The number of anilines is 2. The highest BCUT2D eigenvalue weighted by molar-refractivity contribution is 9.10. The Bertz CT molecular complexity index is 1290. The predicted molar refractivity (Wildman–Crippen MR) is 154 cm³/mol. The number of hydrogen-bond acceptors (Lipinski definition) is 8. The van der Waals surface area contributed by atoms with Crippen molar-refractivity contribution >= 4 is 50.1 Å². The van der Waals surface area contributed by atoms with E-state index in [2.05, 4.69) is 31.1 Å². The number of carbonyl (C=O) groups is 1. The Balaban J connectivity index is 0.00000172. The SMILES string of the molecule is CC.Cc1cc2c(NC3C4CC3N(C(=O)OC(C)(C)C)C4)c([N+](=O)[O-])c(N3CC(N(C)C)C3)nc2c(F)c1Br. The van der Waals surface area contributed by atoms with Gasteiger partial charge in [-0.3, -0.25) is 10.1 Å². The summed E-state index contributed by atoms with van der Waals surface area (Å²) in [6.45, 7) is 12.8. The molecule has 4 fully saturated rings. The molecule has 3 saturated heterocycles. The van der Waals surface area contributed by atoms with Crippen LogP contribution < -0.4 is 10.2 Å². The van der Waals surface area contributed by atoms with E-state index < -0.39 is 16.3 Å². The van der Waals surface area contributed by atoms with E-state index >= 15 is 4.39 Å². The van der Waals surface area contributed by atoms with Crippen molar-refractivity contribution in [2.24, 2.45) is 5.92 Å². The summed E-state index contributed by atoms with van der Waals surface area (Å²) < 4.78 is 21.3. The Morgan fingerprint density at radius 3 is 2.49 bits per heavy atom. The minimum Gasteiger partial charge on any atom is -0.444 e. The number of hydrogen-bond donors (Lipinski definition) is 1. The van der Waals surface area contributed by atoms with Gasteiger partial charge in [0.1, 0.15) is 16.8 Å². The molecule has 4 aliphatic rings. The minimum atomic E-state index is -0.619. The number of pyridine rings is 1. The van der Waals surface area contributed by atoms with Crippen LogP contribution in [0.2, 0.25) is 0 Å². The Morgan fingerprint density at radius 2 is 1.92 bits per heavy atom. The van der Waals surface area contributed by atoms with E-state index in [-0.39, 0.29) is 57.3 Å². The maximum atomic E-state index is 15.5. The van der Waals surface area contributed by atoms with Crippen LogP contribution in [0.15, 0.2) is 10.5 Å². The van der Waals surface area contributed by atoms with Gasteiger partial charge >= 0.3 is 11.8 Å². The van der Waals surface area contributed by atoms with Crippen molar-refractivity contribution in [3.63, 3.8) is 0 Å².